The molecule has 0 aliphatic carbocycles. The second-order valence-corrected chi connectivity index (χ2v) is 4.33. The molecule has 0 aliphatic heterocycles. The van der Waals surface area contributed by atoms with E-state index in [0.29, 0.717) is 18.0 Å². The molecule has 0 aliphatic rings. The van der Waals surface area contributed by atoms with Crippen molar-refractivity contribution in [3.05, 3.63) is 11.6 Å². The van der Waals surface area contributed by atoms with Crippen molar-refractivity contribution in [2.75, 3.05) is 25.2 Å². The minimum Gasteiger partial charge on any atom is -0.466 e. The molecule has 2 N–H and O–H groups in total. The normalized spacial score (nSPS) is 13.9. The van der Waals surface area contributed by atoms with Gasteiger partial charge in [0.2, 0.25) is 0 Å². The second-order valence-electron chi connectivity index (χ2n) is 3.26. The van der Waals surface area contributed by atoms with E-state index in [1.165, 1.54) is 7.11 Å². The summed E-state index contributed by atoms with van der Waals surface area (Å²) in [6, 6.07) is 0. The van der Waals surface area contributed by atoms with E-state index in [9.17, 15) is 4.79 Å². The van der Waals surface area contributed by atoms with Crippen molar-refractivity contribution in [1.82, 2.24) is 0 Å². The molecular formula is C10H19NO2S. The van der Waals surface area contributed by atoms with Crippen molar-refractivity contribution >= 4 is 17.7 Å². The van der Waals surface area contributed by atoms with E-state index in [1.54, 1.807) is 18.7 Å². The third-order valence-corrected chi connectivity index (χ3v) is 3.03. The van der Waals surface area contributed by atoms with E-state index in [1.807, 2.05) is 6.08 Å². The minimum atomic E-state index is -0.252. The highest BCUT2D eigenvalue weighted by Crippen LogP contribution is 2.08. The molecule has 4 heteroatoms. The van der Waals surface area contributed by atoms with E-state index in [-0.39, 0.29) is 5.97 Å². The Bertz CT molecular complexity index is 204. The van der Waals surface area contributed by atoms with Gasteiger partial charge in [0.05, 0.1) is 7.11 Å². The molecule has 0 spiro atoms. The molecule has 0 aromatic rings. The van der Waals surface area contributed by atoms with Crippen molar-refractivity contribution in [3.8, 4) is 0 Å². The predicted molar refractivity (Wildman–Crippen MR) is 61.3 cm³/mol. The monoisotopic (exact) mass is 217 g/mol. The lowest BCUT2D eigenvalue weighted by atomic mass is 10.2. The number of thioether (sulfide) groups is 1. The molecule has 0 heterocycles. The Hall–Kier alpha value is -0.480. The van der Waals surface area contributed by atoms with Gasteiger partial charge in [0.25, 0.3) is 0 Å². The van der Waals surface area contributed by atoms with Crippen molar-refractivity contribution in [2.45, 2.75) is 13.8 Å². The smallest absolute Gasteiger partial charge is 0.333 e. The molecule has 0 radical (unpaired) electrons. The van der Waals surface area contributed by atoms with Crippen LogP contribution in [0.1, 0.15) is 13.8 Å². The average Bonchev–Trinajstić information content (AvgIpc) is 2.22. The van der Waals surface area contributed by atoms with Crippen LogP contribution in [0.25, 0.3) is 0 Å². The SMILES string of the molecule is COC(=O)C(C)=CCSCC(C)CN. The number of carbonyl (C=O) groups is 1. The Kier molecular flexibility index (Phi) is 7.61. The van der Waals surface area contributed by atoms with Crippen molar-refractivity contribution in [1.29, 1.82) is 0 Å². The molecule has 0 bridgehead atoms. The Labute approximate surface area is 90.1 Å². The van der Waals surface area contributed by atoms with Crippen LogP contribution >= 0.6 is 11.8 Å². The number of rotatable bonds is 6. The van der Waals surface area contributed by atoms with E-state index in [4.69, 9.17) is 5.73 Å². The quantitative estimate of drug-likeness (QED) is 0.415. The van der Waals surface area contributed by atoms with Gasteiger partial charge in [-0.1, -0.05) is 13.0 Å². The van der Waals surface area contributed by atoms with E-state index in [0.717, 1.165) is 11.5 Å². The number of nitrogens with two attached hydrogens (primary N) is 1. The van der Waals surface area contributed by atoms with E-state index >= 15 is 0 Å². The van der Waals surface area contributed by atoms with Crippen LogP contribution < -0.4 is 5.73 Å². The lowest BCUT2D eigenvalue weighted by molar-refractivity contribution is -0.136. The van der Waals surface area contributed by atoms with E-state index < -0.39 is 0 Å². The first-order valence-corrected chi connectivity index (χ1v) is 5.80. The molecule has 82 valence electrons. The first kappa shape index (κ1) is 13.5. The van der Waals surface area contributed by atoms with Crippen LogP contribution in [0, 0.1) is 5.92 Å². The van der Waals surface area contributed by atoms with Gasteiger partial charge in [-0.3, -0.25) is 0 Å². The van der Waals surface area contributed by atoms with Crippen molar-refractivity contribution < 1.29 is 9.53 Å². The summed E-state index contributed by atoms with van der Waals surface area (Å²) in [6.45, 7) is 4.59. The van der Waals surface area contributed by atoms with E-state index in [2.05, 4.69) is 11.7 Å². The molecule has 14 heavy (non-hydrogen) atoms. The summed E-state index contributed by atoms with van der Waals surface area (Å²) >= 11 is 1.78. The van der Waals surface area contributed by atoms with Crippen molar-refractivity contribution in [3.63, 3.8) is 0 Å². The average molecular weight is 217 g/mol. The van der Waals surface area contributed by atoms with Crippen LogP contribution in [0.2, 0.25) is 0 Å². The lowest BCUT2D eigenvalue weighted by Crippen LogP contribution is -2.12. The number of esters is 1. The second kappa shape index (κ2) is 7.88. The van der Waals surface area contributed by atoms with Gasteiger partial charge < -0.3 is 10.5 Å². The molecule has 0 aromatic heterocycles. The fourth-order valence-corrected chi connectivity index (χ4v) is 1.81. The molecule has 1 atom stereocenters. The highest BCUT2D eigenvalue weighted by atomic mass is 32.2. The van der Waals surface area contributed by atoms with Crippen molar-refractivity contribution in [2.24, 2.45) is 11.7 Å². The molecule has 0 saturated carbocycles. The van der Waals surface area contributed by atoms with Gasteiger partial charge in [0, 0.05) is 11.3 Å². The molecule has 0 rings (SSSR count). The molecule has 0 amide bonds. The zero-order valence-corrected chi connectivity index (χ0v) is 9.89. The molecular weight excluding hydrogens is 198 g/mol. The Balaban J connectivity index is 3.66. The fraction of sp³-hybridized carbons (Fsp3) is 0.700. The Morgan fingerprint density at radius 1 is 1.64 bits per heavy atom. The number of hydrogen-bond donors (Lipinski definition) is 1. The van der Waals surface area contributed by atoms with Crippen LogP contribution in [0.4, 0.5) is 0 Å². The predicted octanol–water partition coefficient (Wildman–Crippen LogP) is 1.43. The van der Waals surface area contributed by atoms with Gasteiger partial charge in [-0.25, -0.2) is 4.79 Å². The third kappa shape index (κ3) is 6.05. The molecule has 0 saturated heterocycles. The van der Waals surface area contributed by atoms with Crippen LogP contribution in [0.15, 0.2) is 11.6 Å². The van der Waals surface area contributed by atoms with Gasteiger partial charge in [0.15, 0.2) is 0 Å². The standard InChI is InChI=1S/C10H19NO2S/c1-8(6-11)7-14-5-4-9(2)10(12)13-3/h4,8H,5-7,11H2,1-3H3. The highest BCUT2D eigenvalue weighted by Gasteiger charge is 2.02. The Morgan fingerprint density at radius 2 is 2.29 bits per heavy atom. The lowest BCUT2D eigenvalue weighted by Gasteiger charge is -2.05. The van der Waals surface area contributed by atoms with Gasteiger partial charge >= 0.3 is 5.97 Å². The number of methoxy groups -OCH3 is 1. The topological polar surface area (TPSA) is 52.3 Å². The van der Waals surface area contributed by atoms with Crippen LogP contribution in [0.5, 0.6) is 0 Å². The van der Waals surface area contributed by atoms with Crippen LogP contribution in [0.3, 0.4) is 0 Å². The summed E-state index contributed by atoms with van der Waals surface area (Å²) in [7, 11) is 1.39. The summed E-state index contributed by atoms with van der Waals surface area (Å²) in [5.41, 5.74) is 6.15. The van der Waals surface area contributed by atoms with Gasteiger partial charge in [-0.15, -0.1) is 0 Å². The summed E-state index contributed by atoms with van der Waals surface area (Å²) in [5, 5.41) is 0. The largest absolute Gasteiger partial charge is 0.466 e. The third-order valence-electron chi connectivity index (χ3n) is 1.82. The molecule has 0 fully saturated rings. The number of carbonyl (C=O) groups excluding carboxylic acids is 1. The van der Waals surface area contributed by atoms with Gasteiger partial charge in [-0.05, 0) is 25.1 Å². The van der Waals surface area contributed by atoms with Gasteiger partial charge in [-0.2, -0.15) is 11.8 Å². The molecule has 3 nitrogen and oxygen atoms in total. The highest BCUT2D eigenvalue weighted by molar-refractivity contribution is 7.99. The summed E-state index contributed by atoms with van der Waals surface area (Å²) < 4.78 is 4.57. The Morgan fingerprint density at radius 3 is 2.79 bits per heavy atom. The fourth-order valence-electron chi connectivity index (χ4n) is 0.766. The molecule has 1 unspecified atom stereocenters. The zero-order chi connectivity index (χ0) is 11.0. The number of hydrogen-bond acceptors (Lipinski definition) is 4. The summed E-state index contributed by atoms with van der Waals surface area (Å²) in [4.78, 5) is 11.0. The maximum Gasteiger partial charge on any atom is 0.333 e. The summed E-state index contributed by atoms with van der Waals surface area (Å²) in [5.74, 6) is 2.15. The van der Waals surface area contributed by atoms with Crippen LogP contribution in [-0.4, -0.2) is 31.1 Å². The minimum absolute atomic E-state index is 0.252. The molecule has 0 aromatic carbocycles. The van der Waals surface area contributed by atoms with Gasteiger partial charge in [0.1, 0.15) is 0 Å². The van der Waals surface area contributed by atoms with Crippen LogP contribution in [-0.2, 0) is 9.53 Å². The zero-order valence-electron chi connectivity index (χ0n) is 9.08. The first-order chi connectivity index (χ1) is 6.61. The first-order valence-electron chi connectivity index (χ1n) is 4.64. The maximum absolute atomic E-state index is 11.0. The summed E-state index contributed by atoms with van der Waals surface area (Å²) in [6.07, 6.45) is 1.89. The number of ether oxygens (including phenoxy) is 1. The maximum atomic E-state index is 11.0.